The molecule has 2 aromatic carbocycles. The fourth-order valence-corrected chi connectivity index (χ4v) is 5.44. The van der Waals surface area contributed by atoms with Gasteiger partial charge in [-0.15, -0.1) is 20.3 Å². The van der Waals surface area contributed by atoms with Crippen LogP contribution < -0.4 is 16.8 Å². The van der Waals surface area contributed by atoms with Gasteiger partial charge in [-0.1, -0.05) is 73.5 Å². The topological polar surface area (TPSA) is 244 Å². The quantitative estimate of drug-likeness (QED) is 0.0257. The molecule has 0 saturated carbocycles. The maximum atomic E-state index is 13.9. The Bertz CT molecular complexity index is 1740. The summed E-state index contributed by atoms with van der Waals surface area (Å²) in [5.74, 6) is -0.251. The van der Waals surface area contributed by atoms with E-state index in [2.05, 4.69) is 47.7 Å². The molecule has 0 aliphatic heterocycles. The predicted molar refractivity (Wildman–Crippen MR) is 184 cm³/mol. The van der Waals surface area contributed by atoms with Gasteiger partial charge in [0.1, 0.15) is 17.6 Å². The van der Waals surface area contributed by atoms with Crippen molar-refractivity contribution in [3.8, 4) is 22.5 Å². The highest BCUT2D eigenvalue weighted by Crippen LogP contribution is 2.30. The molecule has 2 heterocycles. The van der Waals surface area contributed by atoms with E-state index < -0.39 is 23.0 Å². The molecule has 266 valence electrons. The van der Waals surface area contributed by atoms with Gasteiger partial charge >= 0.3 is 5.97 Å². The lowest BCUT2D eigenvalue weighted by Gasteiger charge is -2.19. The molecule has 1 unspecified atom stereocenters. The highest BCUT2D eigenvalue weighted by Gasteiger charge is 2.28. The van der Waals surface area contributed by atoms with Gasteiger partial charge in [-0.2, -0.15) is 5.21 Å². The van der Waals surface area contributed by atoms with Crippen LogP contribution in [-0.2, 0) is 27.3 Å². The molecular formula is C32H40ClN11O6. The maximum Gasteiger partial charge on any atom is 0.328 e. The van der Waals surface area contributed by atoms with Crippen molar-refractivity contribution < 1.29 is 24.3 Å². The van der Waals surface area contributed by atoms with E-state index in [9.17, 15) is 19.7 Å². The summed E-state index contributed by atoms with van der Waals surface area (Å²) in [6.07, 6.45) is 3.49. The number of aliphatic imine (C=N–C) groups is 1. The number of carbonyl (C=O) groups is 2. The zero-order valence-corrected chi connectivity index (χ0v) is 28.3. The van der Waals surface area contributed by atoms with Gasteiger partial charge < -0.3 is 30.9 Å². The number of rotatable bonds is 20. The monoisotopic (exact) mass is 709 g/mol. The smallest absolute Gasteiger partial charge is 0.328 e. The summed E-state index contributed by atoms with van der Waals surface area (Å²) in [4.78, 5) is 50.1. The molecule has 0 spiro atoms. The van der Waals surface area contributed by atoms with Crippen molar-refractivity contribution in [1.29, 1.82) is 0 Å². The van der Waals surface area contributed by atoms with Gasteiger partial charge in [-0.25, -0.2) is 9.78 Å². The predicted octanol–water partition coefficient (Wildman–Crippen LogP) is 3.46. The van der Waals surface area contributed by atoms with E-state index in [0.717, 1.165) is 35.1 Å². The largest absolute Gasteiger partial charge is 0.464 e. The molecule has 0 aliphatic carbocycles. The Labute approximate surface area is 292 Å². The molecule has 18 heteroatoms. The normalized spacial score (nSPS) is 11.5. The third kappa shape index (κ3) is 10.7. The SMILES string of the molecule is CCCCc1nc(Cl)c(C(=O)NC(CCCN=C(N)N)C(=O)OCCCCO[N+](=O)[O-])n1Cc1ccc(-c2ccccc2-c2nn[nH]n2)cc1. The minimum Gasteiger partial charge on any atom is -0.464 e. The summed E-state index contributed by atoms with van der Waals surface area (Å²) < 4.78 is 7.16. The number of esters is 1. The van der Waals surface area contributed by atoms with E-state index >= 15 is 0 Å². The molecular weight excluding hydrogens is 670 g/mol. The summed E-state index contributed by atoms with van der Waals surface area (Å²) in [6.45, 7) is 2.44. The number of unbranched alkanes of at least 4 members (excludes halogenated alkanes) is 2. The van der Waals surface area contributed by atoms with E-state index in [-0.39, 0.29) is 43.0 Å². The van der Waals surface area contributed by atoms with Gasteiger partial charge in [0.05, 0.1) is 13.2 Å². The number of guanidine groups is 1. The Balaban J connectivity index is 1.54. The third-order valence-electron chi connectivity index (χ3n) is 7.61. The second-order valence-electron chi connectivity index (χ2n) is 11.2. The minimum atomic E-state index is -1.05. The maximum absolute atomic E-state index is 13.9. The minimum absolute atomic E-state index is 0.0117. The number of amides is 1. The first-order valence-corrected chi connectivity index (χ1v) is 16.5. The standard InChI is InChI=1S/C32H40ClN11O6/c1-2-3-12-26-38-28(33)27(30(45)37-25(11-8-17-36-32(34)35)31(46)49-18-6-7-19-50-44(47)48)43(26)20-21-13-15-22(16-14-21)23-9-4-5-10-24(23)29-39-41-42-40-29/h4-5,9-10,13-16,25H,2-3,6-8,11-12,17-20H2,1H3,(H,37,45)(H4,34,35,36)(H,39,40,41,42). The average molecular weight is 710 g/mol. The van der Waals surface area contributed by atoms with Crippen molar-refractivity contribution in [2.75, 3.05) is 19.8 Å². The molecule has 4 aromatic rings. The number of aromatic amines is 1. The molecule has 2 aromatic heterocycles. The second kappa shape index (κ2) is 18.8. The van der Waals surface area contributed by atoms with Crippen LogP contribution in [0.2, 0.25) is 5.15 Å². The van der Waals surface area contributed by atoms with Gasteiger partial charge in [0.15, 0.2) is 11.1 Å². The average Bonchev–Trinajstić information content (AvgIpc) is 3.74. The van der Waals surface area contributed by atoms with Gasteiger partial charge in [-0.3, -0.25) is 9.79 Å². The lowest BCUT2D eigenvalue weighted by Crippen LogP contribution is -2.43. The Morgan fingerprint density at radius 1 is 1.08 bits per heavy atom. The number of hydrogen-bond donors (Lipinski definition) is 4. The van der Waals surface area contributed by atoms with Crippen LogP contribution in [0, 0.1) is 10.1 Å². The van der Waals surface area contributed by atoms with Crippen molar-refractivity contribution in [2.45, 2.75) is 64.5 Å². The van der Waals surface area contributed by atoms with Crippen molar-refractivity contribution in [3.63, 3.8) is 0 Å². The molecule has 50 heavy (non-hydrogen) atoms. The lowest BCUT2D eigenvalue weighted by molar-refractivity contribution is -0.757. The zero-order chi connectivity index (χ0) is 35.9. The molecule has 1 atom stereocenters. The molecule has 4 rings (SSSR count). The number of nitrogens with zero attached hydrogens (tertiary/aromatic N) is 7. The first kappa shape index (κ1) is 37.2. The summed E-state index contributed by atoms with van der Waals surface area (Å²) in [5.41, 5.74) is 14.6. The number of nitrogens with two attached hydrogens (primary N) is 2. The molecule has 0 aliphatic rings. The molecule has 6 N–H and O–H groups in total. The highest BCUT2D eigenvalue weighted by molar-refractivity contribution is 6.32. The van der Waals surface area contributed by atoms with Gasteiger partial charge in [-0.05, 0) is 54.0 Å². The third-order valence-corrected chi connectivity index (χ3v) is 7.87. The van der Waals surface area contributed by atoms with Gasteiger partial charge in [0, 0.05) is 25.1 Å². The van der Waals surface area contributed by atoms with Crippen LogP contribution >= 0.6 is 11.6 Å². The number of carbonyl (C=O) groups excluding carboxylic acids is 2. The molecule has 0 bridgehead atoms. The summed E-state index contributed by atoms with van der Waals surface area (Å²) in [5, 5.41) is 26.7. The van der Waals surface area contributed by atoms with Crippen molar-refractivity contribution in [1.82, 2.24) is 35.5 Å². The van der Waals surface area contributed by atoms with Crippen LogP contribution in [0.3, 0.4) is 0 Å². The number of halogens is 1. The van der Waals surface area contributed by atoms with Crippen molar-refractivity contribution in [2.24, 2.45) is 16.5 Å². The van der Waals surface area contributed by atoms with E-state index in [1.807, 2.05) is 48.5 Å². The zero-order valence-electron chi connectivity index (χ0n) is 27.6. The van der Waals surface area contributed by atoms with E-state index in [1.54, 1.807) is 4.57 Å². The van der Waals surface area contributed by atoms with Gasteiger partial charge in [0.2, 0.25) is 5.82 Å². The first-order valence-electron chi connectivity index (χ1n) is 16.1. The highest BCUT2D eigenvalue weighted by atomic mass is 35.5. The number of ether oxygens (including phenoxy) is 1. The van der Waals surface area contributed by atoms with Crippen molar-refractivity contribution >= 4 is 29.4 Å². The van der Waals surface area contributed by atoms with Crippen LogP contribution in [0.15, 0.2) is 53.5 Å². The van der Waals surface area contributed by atoms with E-state index in [0.29, 0.717) is 43.9 Å². The number of H-pyrrole nitrogens is 1. The Morgan fingerprint density at radius 2 is 1.82 bits per heavy atom. The van der Waals surface area contributed by atoms with Crippen molar-refractivity contribution in [3.05, 3.63) is 80.9 Å². The fraction of sp³-hybridized carbons (Fsp3) is 0.406. The summed E-state index contributed by atoms with van der Waals surface area (Å²) >= 11 is 6.61. The summed E-state index contributed by atoms with van der Waals surface area (Å²) in [7, 11) is 0. The molecule has 0 saturated heterocycles. The van der Waals surface area contributed by atoms with Crippen LogP contribution in [-0.4, -0.2) is 78.9 Å². The number of aryl methyl sites for hydroxylation is 1. The number of imidazole rings is 1. The van der Waals surface area contributed by atoms with E-state index in [1.165, 1.54) is 0 Å². The number of aromatic nitrogens is 6. The lowest BCUT2D eigenvalue weighted by atomic mass is 9.98. The van der Waals surface area contributed by atoms with E-state index in [4.69, 9.17) is 27.8 Å². The van der Waals surface area contributed by atoms with Crippen LogP contribution in [0.5, 0.6) is 0 Å². The fourth-order valence-electron chi connectivity index (χ4n) is 5.15. The van der Waals surface area contributed by atoms with Crippen LogP contribution in [0.25, 0.3) is 22.5 Å². The Hall–Kier alpha value is -5.58. The molecule has 0 fully saturated rings. The van der Waals surface area contributed by atoms with Gasteiger partial charge in [0.25, 0.3) is 11.0 Å². The Kier molecular flexibility index (Phi) is 14.0. The second-order valence-corrected chi connectivity index (χ2v) is 11.6. The Morgan fingerprint density at radius 3 is 2.50 bits per heavy atom. The molecule has 0 radical (unpaired) electrons. The number of hydrogen-bond acceptors (Lipinski definition) is 11. The molecule has 1 amide bonds. The molecule has 17 nitrogen and oxygen atoms in total. The first-order chi connectivity index (χ1) is 24.2. The number of nitrogens with one attached hydrogen (secondary N) is 2. The van der Waals surface area contributed by atoms with Crippen LogP contribution in [0.1, 0.15) is 67.3 Å². The number of tetrazole rings is 1. The van der Waals surface area contributed by atoms with Crippen LogP contribution in [0.4, 0.5) is 0 Å². The summed E-state index contributed by atoms with van der Waals surface area (Å²) in [6, 6.07) is 14.6. The number of benzene rings is 2.